The Bertz CT molecular complexity index is 441. The first-order valence-corrected chi connectivity index (χ1v) is 6.30. The molecule has 0 spiro atoms. The van der Waals surface area contributed by atoms with Crippen LogP contribution in [0.15, 0.2) is 17.0 Å². The zero-order chi connectivity index (χ0) is 13.2. The Morgan fingerprint density at radius 2 is 2.00 bits per heavy atom. The van der Waals surface area contributed by atoms with E-state index in [1.165, 1.54) is 18.9 Å². The van der Waals surface area contributed by atoms with Crippen LogP contribution in [0.1, 0.15) is 31.1 Å². The SMILES string of the molecule is COC(=O)c1cc(N)cc(Cl)c1SC(C)(C)C. The average molecular weight is 274 g/mol. The maximum Gasteiger partial charge on any atom is 0.339 e. The Hall–Kier alpha value is -0.870. The van der Waals surface area contributed by atoms with Gasteiger partial charge in [0.2, 0.25) is 0 Å². The van der Waals surface area contributed by atoms with Gasteiger partial charge in [-0.3, -0.25) is 0 Å². The molecule has 0 bridgehead atoms. The van der Waals surface area contributed by atoms with Crippen molar-refractivity contribution in [3.63, 3.8) is 0 Å². The van der Waals surface area contributed by atoms with E-state index in [9.17, 15) is 4.79 Å². The number of hydrogen-bond donors (Lipinski definition) is 1. The van der Waals surface area contributed by atoms with Crippen molar-refractivity contribution in [2.24, 2.45) is 0 Å². The van der Waals surface area contributed by atoms with Gasteiger partial charge in [-0.1, -0.05) is 32.4 Å². The summed E-state index contributed by atoms with van der Waals surface area (Å²) in [4.78, 5) is 12.4. The smallest absolute Gasteiger partial charge is 0.339 e. The molecule has 17 heavy (non-hydrogen) atoms. The molecule has 0 heterocycles. The maximum absolute atomic E-state index is 11.7. The molecular weight excluding hydrogens is 258 g/mol. The van der Waals surface area contributed by atoms with Crippen molar-refractivity contribution >= 4 is 35.0 Å². The molecule has 0 amide bonds. The lowest BCUT2D eigenvalue weighted by molar-refractivity contribution is 0.0597. The van der Waals surface area contributed by atoms with Crippen molar-refractivity contribution in [2.45, 2.75) is 30.4 Å². The molecule has 0 saturated heterocycles. The highest BCUT2D eigenvalue weighted by atomic mass is 35.5. The van der Waals surface area contributed by atoms with Crippen LogP contribution in [-0.2, 0) is 4.74 Å². The van der Waals surface area contributed by atoms with Crippen LogP contribution < -0.4 is 5.73 Å². The number of anilines is 1. The first-order chi connectivity index (χ1) is 7.74. The molecule has 0 aliphatic carbocycles. The first kappa shape index (κ1) is 14.2. The van der Waals surface area contributed by atoms with Crippen LogP contribution >= 0.6 is 23.4 Å². The Morgan fingerprint density at radius 1 is 1.41 bits per heavy atom. The molecule has 0 saturated carbocycles. The van der Waals surface area contributed by atoms with Gasteiger partial charge in [0.15, 0.2) is 0 Å². The third-order valence-electron chi connectivity index (χ3n) is 1.88. The number of esters is 1. The predicted octanol–water partition coefficient (Wildman–Crippen LogP) is 3.60. The monoisotopic (exact) mass is 273 g/mol. The largest absolute Gasteiger partial charge is 0.465 e. The van der Waals surface area contributed by atoms with E-state index in [1.54, 1.807) is 12.1 Å². The Balaban J connectivity index is 3.30. The van der Waals surface area contributed by atoms with Gasteiger partial charge in [-0.15, -0.1) is 11.8 Å². The van der Waals surface area contributed by atoms with E-state index >= 15 is 0 Å². The second-order valence-electron chi connectivity index (χ2n) is 4.59. The fourth-order valence-electron chi connectivity index (χ4n) is 1.29. The van der Waals surface area contributed by atoms with Gasteiger partial charge in [-0.25, -0.2) is 4.79 Å². The number of nitrogens with two attached hydrogens (primary N) is 1. The van der Waals surface area contributed by atoms with Gasteiger partial charge < -0.3 is 10.5 Å². The predicted molar refractivity (Wildman–Crippen MR) is 72.8 cm³/mol. The van der Waals surface area contributed by atoms with E-state index in [4.69, 9.17) is 22.1 Å². The van der Waals surface area contributed by atoms with Crippen molar-refractivity contribution < 1.29 is 9.53 Å². The molecule has 0 fully saturated rings. The third kappa shape index (κ3) is 3.82. The Kier molecular flexibility index (Phi) is 4.33. The fourth-order valence-corrected chi connectivity index (χ4v) is 2.65. The highest BCUT2D eigenvalue weighted by Crippen LogP contribution is 2.40. The molecule has 0 atom stereocenters. The highest BCUT2D eigenvalue weighted by Gasteiger charge is 2.22. The molecule has 0 unspecified atom stereocenters. The summed E-state index contributed by atoms with van der Waals surface area (Å²) in [5, 5.41) is 0.477. The second kappa shape index (κ2) is 5.19. The number of carbonyl (C=O) groups is 1. The molecule has 1 aromatic rings. The normalized spacial score (nSPS) is 11.4. The molecule has 2 N–H and O–H groups in total. The number of rotatable bonds is 2. The third-order valence-corrected chi connectivity index (χ3v) is 3.55. The Morgan fingerprint density at radius 3 is 2.47 bits per heavy atom. The quantitative estimate of drug-likeness (QED) is 0.508. The van der Waals surface area contributed by atoms with Gasteiger partial charge >= 0.3 is 5.97 Å². The molecule has 0 radical (unpaired) electrons. The van der Waals surface area contributed by atoms with Crippen molar-refractivity contribution in [1.82, 2.24) is 0 Å². The Labute approximate surface area is 111 Å². The number of carbonyl (C=O) groups excluding carboxylic acids is 1. The zero-order valence-electron chi connectivity index (χ0n) is 10.3. The van der Waals surface area contributed by atoms with E-state index in [0.29, 0.717) is 21.2 Å². The number of methoxy groups -OCH3 is 1. The molecule has 94 valence electrons. The van der Waals surface area contributed by atoms with Crippen molar-refractivity contribution in [3.8, 4) is 0 Å². The van der Waals surface area contributed by atoms with Gasteiger partial charge in [0.25, 0.3) is 0 Å². The van der Waals surface area contributed by atoms with Crippen LogP contribution in [0.4, 0.5) is 5.69 Å². The van der Waals surface area contributed by atoms with Crippen LogP contribution in [0.5, 0.6) is 0 Å². The first-order valence-electron chi connectivity index (χ1n) is 5.11. The molecule has 1 aromatic carbocycles. The van der Waals surface area contributed by atoms with E-state index in [0.717, 1.165) is 0 Å². The zero-order valence-corrected chi connectivity index (χ0v) is 11.9. The van der Waals surface area contributed by atoms with Crippen molar-refractivity contribution in [2.75, 3.05) is 12.8 Å². The average Bonchev–Trinajstić information content (AvgIpc) is 2.19. The fraction of sp³-hybridized carbons (Fsp3) is 0.417. The van der Waals surface area contributed by atoms with E-state index in [-0.39, 0.29) is 4.75 Å². The summed E-state index contributed by atoms with van der Waals surface area (Å²) in [5.74, 6) is -0.425. The van der Waals surface area contributed by atoms with Crippen LogP contribution in [0, 0.1) is 0 Å². The number of hydrogen-bond acceptors (Lipinski definition) is 4. The minimum absolute atomic E-state index is 0.0530. The molecule has 0 aromatic heterocycles. The lowest BCUT2D eigenvalue weighted by Crippen LogP contribution is -2.11. The molecule has 0 aliphatic rings. The van der Waals surface area contributed by atoms with Crippen LogP contribution in [0.3, 0.4) is 0 Å². The molecular formula is C12H16ClNO2S. The summed E-state index contributed by atoms with van der Waals surface area (Å²) in [7, 11) is 1.34. The molecule has 5 heteroatoms. The summed E-state index contributed by atoms with van der Waals surface area (Å²) in [5.41, 5.74) is 6.55. The molecule has 3 nitrogen and oxygen atoms in total. The summed E-state index contributed by atoms with van der Waals surface area (Å²) >= 11 is 7.65. The highest BCUT2D eigenvalue weighted by molar-refractivity contribution is 8.00. The summed E-state index contributed by atoms with van der Waals surface area (Å²) < 4.78 is 4.68. The van der Waals surface area contributed by atoms with Gasteiger partial charge in [0.05, 0.1) is 17.7 Å². The van der Waals surface area contributed by atoms with Crippen molar-refractivity contribution in [3.05, 3.63) is 22.7 Å². The standard InChI is InChI=1S/C12H16ClNO2S/c1-12(2,3)17-10-8(11(15)16-4)5-7(14)6-9(10)13/h5-6H,14H2,1-4H3. The lowest BCUT2D eigenvalue weighted by atomic mass is 10.2. The van der Waals surface area contributed by atoms with E-state index < -0.39 is 5.97 Å². The molecule has 0 aliphatic heterocycles. The van der Waals surface area contributed by atoms with Crippen LogP contribution in [0.25, 0.3) is 0 Å². The number of nitrogen functional groups attached to an aromatic ring is 1. The van der Waals surface area contributed by atoms with E-state index in [1.807, 2.05) is 20.8 Å². The minimum Gasteiger partial charge on any atom is -0.465 e. The topological polar surface area (TPSA) is 52.3 Å². The maximum atomic E-state index is 11.7. The summed E-state index contributed by atoms with van der Waals surface area (Å²) in [6.45, 7) is 6.14. The van der Waals surface area contributed by atoms with Gasteiger partial charge in [-0.2, -0.15) is 0 Å². The van der Waals surface area contributed by atoms with Crippen LogP contribution in [-0.4, -0.2) is 17.8 Å². The van der Waals surface area contributed by atoms with Gasteiger partial charge in [0, 0.05) is 15.3 Å². The van der Waals surface area contributed by atoms with Gasteiger partial charge in [-0.05, 0) is 12.1 Å². The van der Waals surface area contributed by atoms with Gasteiger partial charge in [0.1, 0.15) is 0 Å². The number of benzene rings is 1. The number of halogens is 1. The molecule has 1 rings (SSSR count). The minimum atomic E-state index is -0.425. The van der Waals surface area contributed by atoms with Crippen molar-refractivity contribution in [1.29, 1.82) is 0 Å². The summed E-state index contributed by atoms with van der Waals surface area (Å²) in [6.07, 6.45) is 0. The second-order valence-corrected chi connectivity index (χ2v) is 6.83. The van der Waals surface area contributed by atoms with E-state index in [2.05, 4.69) is 0 Å². The number of ether oxygens (including phenoxy) is 1. The lowest BCUT2D eigenvalue weighted by Gasteiger charge is -2.20. The summed E-state index contributed by atoms with van der Waals surface area (Å²) in [6, 6.07) is 3.23. The van der Waals surface area contributed by atoms with Crippen LogP contribution in [0.2, 0.25) is 5.02 Å². The number of thioether (sulfide) groups is 1.